The fourth-order valence-electron chi connectivity index (χ4n) is 3.57. The molecule has 2 aromatic carbocycles. The summed E-state index contributed by atoms with van der Waals surface area (Å²) in [5.74, 6) is 0.139. The number of nitrogens with zero attached hydrogens (tertiary/aromatic N) is 1. The molecule has 0 saturated carbocycles. The van der Waals surface area contributed by atoms with E-state index in [1.54, 1.807) is 4.90 Å². The standard InChI is InChI=1S/C22H26N2O2/c1-14(2)12-19(21(25)23-20-15(3)8-7-9-16(20)4)24-13-17-10-5-6-11-18(17)22(24)26/h5-11,14,19H,12-13H2,1-4H3,(H,23,25). The van der Waals surface area contributed by atoms with E-state index in [4.69, 9.17) is 0 Å². The molecule has 0 spiro atoms. The summed E-state index contributed by atoms with van der Waals surface area (Å²) < 4.78 is 0. The van der Waals surface area contributed by atoms with E-state index < -0.39 is 6.04 Å². The van der Waals surface area contributed by atoms with Crippen molar-refractivity contribution in [3.63, 3.8) is 0 Å². The number of carbonyl (C=O) groups excluding carboxylic acids is 2. The third kappa shape index (κ3) is 3.50. The predicted octanol–water partition coefficient (Wildman–Crippen LogP) is 4.31. The molecule has 0 bridgehead atoms. The molecule has 1 heterocycles. The van der Waals surface area contributed by atoms with Crippen molar-refractivity contribution in [2.24, 2.45) is 5.92 Å². The Morgan fingerprint density at radius 1 is 1.08 bits per heavy atom. The number of hydrogen-bond acceptors (Lipinski definition) is 2. The third-order valence-corrected chi connectivity index (χ3v) is 4.95. The summed E-state index contributed by atoms with van der Waals surface area (Å²) in [6.07, 6.45) is 0.635. The maximum Gasteiger partial charge on any atom is 0.255 e. The van der Waals surface area contributed by atoms with Crippen LogP contribution in [0.25, 0.3) is 0 Å². The van der Waals surface area contributed by atoms with Crippen LogP contribution in [0.15, 0.2) is 42.5 Å². The largest absolute Gasteiger partial charge is 0.324 e. The second kappa shape index (κ2) is 7.32. The molecular formula is C22H26N2O2. The van der Waals surface area contributed by atoms with Crippen molar-refractivity contribution in [2.45, 2.75) is 46.7 Å². The van der Waals surface area contributed by atoms with Crippen LogP contribution >= 0.6 is 0 Å². The molecule has 136 valence electrons. The van der Waals surface area contributed by atoms with Crippen LogP contribution in [-0.4, -0.2) is 22.8 Å². The zero-order valence-electron chi connectivity index (χ0n) is 15.9. The van der Waals surface area contributed by atoms with E-state index in [1.165, 1.54) is 0 Å². The van der Waals surface area contributed by atoms with E-state index in [-0.39, 0.29) is 11.8 Å². The van der Waals surface area contributed by atoms with Crippen molar-refractivity contribution in [2.75, 3.05) is 5.32 Å². The number of rotatable bonds is 5. The van der Waals surface area contributed by atoms with Crippen LogP contribution in [0.1, 0.15) is 47.3 Å². The smallest absolute Gasteiger partial charge is 0.255 e. The monoisotopic (exact) mass is 350 g/mol. The number of aryl methyl sites for hydroxylation is 2. The Bertz CT molecular complexity index is 822. The maximum atomic E-state index is 13.1. The van der Waals surface area contributed by atoms with Gasteiger partial charge in [0, 0.05) is 17.8 Å². The van der Waals surface area contributed by atoms with Gasteiger partial charge in [0.15, 0.2) is 0 Å². The number of para-hydroxylation sites is 1. The number of amides is 2. The second-order valence-corrected chi connectivity index (χ2v) is 7.49. The lowest BCUT2D eigenvalue weighted by Crippen LogP contribution is -2.45. The summed E-state index contributed by atoms with van der Waals surface area (Å²) in [6, 6.07) is 13.1. The van der Waals surface area contributed by atoms with Crippen molar-refractivity contribution in [1.82, 2.24) is 4.90 Å². The first-order valence-corrected chi connectivity index (χ1v) is 9.14. The minimum atomic E-state index is -0.478. The van der Waals surface area contributed by atoms with Gasteiger partial charge < -0.3 is 10.2 Å². The molecule has 2 aromatic rings. The van der Waals surface area contributed by atoms with Gasteiger partial charge in [-0.05, 0) is 48.9 Å². The fraction of sp³-hybridized carbons (Fsp3) is 0.364. The van der Waals surface area contributed by atoms with Crippen LogP contribution in [0.4, 0.5) is 5.69 Å². The minimum Gasteiger partial charge on any atom is -0.324 e. The van der Waals surface area contributed by atoms with Gasteiger partial charge in [-0.15, -0.1) is 0 Å². The first-order valence-electron chi connectivity index (χ1n) is 9.14. The zero-order valence-corrected chi connectivity index (χ0v) is 15.9. The highest BCUT2D eigenvalue weighted by molar-refractivity contribution is 6.03. The van der Waals surface area contributed by atoms with Gasteiger partial charge in [0.25, 0.3) is 5.91 Å². The molecule has 1 N–H and O–H groups in total. The highest BCUT2D eigenvalue weighted by Crippen LogP contribution is 2.28. The lowest BCUT2D eigenvalue weighted by Gasteiger charge is -2.28. The molecule has 0 saturated heterocycles. The molecule has 0 radical (unpaired) electrons. The van der Waals surface area contributed by atoms with Crippen LogP contribution in [0.5, 0.6) is 0 Å². The molecule has 2 amide bonds. The quantitative estimate of drug-likeness (QED) is 0.873. The van der Waals surface area contributed by atoms with Gasteiger partial charge >= 0.3 is 0 Å². The molecule has 1 aliphatic heterocycles. The molecule has 1 unspecified atom stereocenters. The SMILES string of the molecule is Cc1cccc(C)c1NC(=O)C(CC(C)C)N1Cc2ccccc2C1=O. The van der Waals surface area contributed by atoms with Crippen LogP contribution in [0, 0.1) is 19.8 Å². The van der Waals surface area contributed by atoms with E-state index in [1.807, 2.05) is 56.3 Å². The van der Waals surface area contributed by atoms with Gasteiger partial charge in [0.1, 0.15) is 6.04 Å². The van der Waals surface area contributed by atoms with Crippen molar-refractivity contribution in [3.05, 3.63) is 64.7 Å². The number of hydrogen-bond donors (Lipinski definition) is 1. The van der Waals surface area contributed by atoms with Gasteiger partial charge in [0.05, 0.1) is 0 Å². The van der Waals surface area contributed by atoms with Crippen molar-refractivity contribution in [1.29, 1.82) is 0 Å². The summed E-state index contributed by atoms with van der Waals surface area (Å²) in [6.45, 7) is 8.61. The van der Waals surface area contributed by atoms with E-state index in [0.29, 0.717) is 24.4 Å². The van der Waals surface area contributed by atoms with E-state index >= 15 is 0 Å². The van der Waals surface area contributed by atoms with Gasteiger partial charge in [-0.25, -0.2) is 0 Å². The van der Waals surface area contributed by atoms with E-state index in [9.17, 15) is 9.59 Å². The maximum absolute atomic E-state index is 13.1. The summed E-state index contributed by atoms with van der Waals surface area (Å²) in [5.41, 5.74) is 4.60. The lowest BCUT2D eigenvalue weighted by atomic mass is 10.0. The van der Waals surface area contributed by atoms with Gasteiger partial charge in [-0.3, -0.25) is 9.59 Å². The zero-order chi connectivity index (χ0) is 18.8. The van der Waals surface area contributed by atoms with Gasteiger partial charge in [0.2, 0.25) is 5.91 Å². The number of benzene rings is 2. The average Bonchev–Trinajstić information content (AvgIpc) is 2.93. The van der Waals surface area contributed by atoms with E-state index in [0.717, 1.165) is 22.4 Å². The molecule has 4 heteroatoms. The third-order valence-electron chi connectivity index (χ3n) is 4.95. The predicted molar refractivity (Wildman–Crippen MR) is 104 cm³/mol. The van der Waals surface area contributed by atoms with Crippen LogP contribution < -0.4 is 5.32 Å². The van der Waals surface area contributed by atoms with Crippen LogP contribution in [0.3, 0.4) is 0 Å². The molecule has 4 nitrogen and oxygen atoms in total. The summed E-state index contributed by atoms with van der Waals surface area (Å²) in [7, 11) is 0. The van der Waals surface area contributed by atoms with Crippen LogP contribution in [0.2, 0.25) is 0 Å². The normalized spacial score (nSPS) is 14.5. The molecule has 0 aliphatic carbocycles. The number of nitrogens with one attached hydrogen (secondary N) is 1. The molecule has 1 aliphatic rings. The van der Waals surface area contributed by atoms with Gasteiger partial charge in [-0.1, -0.05) is 50.2 Å². The Morgan fingerprint density at radius 2 is 1.73 bits per heavy atom. The molecule has 0 aromatic heterocycles. The number of fused-ring (bicyclic) bond motifs is 1. The molecular weight excluding hydrogens is 324 g/mol. The first-order chi connectivity index (χ1) is 12.4. The Balaban J connectivity index is 1.87. The summed E-state index contributed by atoms with van der Waals surface area (Å²) in [5, 5.41) is 3.08. The summed E-state index contributed by atoms with van der Waals surface area (Å²) >= 11 is 0. The van der Waals surface area contributed by atoms with Crippen LogP contribution in [-0.2, 0) is 11.3 Å². The van der Waals surface area contributed by atoms with Crippen molar-refractivity contribution >= 4 is 17.5 Å². The summed E-state index contributed by atoms with van der Waals surface area (Å²) in [4.78, 5) is 27.7. The van der Waals surface area contributed by atoms with Crippen molar-refractivity contribution in [3.8, 4) is 0 Å². The highest BCUT2D eigenvalue weighted by Gasteiger charge is 2.36. The molecule has 0 fully saturated rings. The fourth-order valence-corrected chi connectivity index (χ4v) is 3.57. The Kier molecular flexibility index (Phi) is 5.12. The average molecular weight is 350 g/mol. The molecule has 3 rings (SSSR count). The topological polar surface area (TPSA) is 49.4 Å². The lowest BCUT2D eigenvalue weighted by molar-refractivity contribution is -0.121. The molecule has 1 atom stereocenters. The number of carbonyl (C=O) groups is 2. The van der Waals surface area contributed by atoms with Gasteiger partial charge in [-0.2, -0.15) is 0 Å². The van der Waals surface area contributed by atoms with E-state index in [2.05, 4.69) is 19.2 Å². The van der Waals surface area contributed by atoms with Crippen molar-refractivity contribution < 1.29 is 9.59 Å². The second-order valence-electron chi connectivity index (χ2n) is 7.49. The minimum absolute atomic E-state index is 0.0529. The molecule has 26 heavy (non-hydrogen) atoms. The Morgan fingerprint density at radius 3 is 2.35 bits per heavy atom. The Labute approximate surface area is 155 Å². The first kappa shape index (κ1) is 18.2. The Hall–Kier alpha value is -2.62. The highest BCUT2D eigenvalue weighted by atomic mass is 16.2. The number of anilines is 1.